The first-order valence-electron chi connectivity index (χ1n) is 6.13. The van der Waals surface area contributed by atoms with E-state index in [1.807, 2.05) is 0 Å². The molecule has 2 aromatic rings. The van der Waals surface area contributed by atoms with E-state index < -0.39 is 0 Å². The van der Waals surface area contributed by atoms with E-state index in [-0.39, 0.29) is 26.6 Å². The number of aromatic hydroxyl groups is 1. The number of carbonyl (C=O) groups is 1. The molecule has 0 spiro atoms. The van der Waals surface area contributed by atoms with Crippen molar-refractivity contribution in [2.24, 2.45) is 0 Å². The van der Waals surface area contributed by atoms with Gasteiger partial charge in [0.05, 0.1) is 0 Å². The van der Waals surface area contributed by atoms with Gasteiger partial charge in [-0.3, -0.25) is 0 Å². The van der Waals surface area contributed by atoms with Crippen molar-refractivity contribution in [1.29, 1.82) is 0 Å². The Hall–Kier alpha value is -1.65. The van der Waals surface area contributed by atoms with Crippen LogP contribution in [0.15, 0.2) is 24.3 Å². The number of aromatic nitrogens is 2. The summed E-state index contributed by atoms with van der Waals surface area (Å²) in [4.78, 5) is 12.0. The van der Waals surface area contributed by atoms with Crippen LogP contribution in [0.2, 0.25) is 0 Å². The van der Waals surface area contributed by atoms with Gasteiger partial charge in [0.15, 0.2) is 0 Å². The Labute approximate surface area is 117 Å². The van der Waals surface area contributed by atoms with E-state index in [1.165, 1.54) is 0 Å². The Morgan fingerprint density at radius 3 is 2.89 bits per heavy atom. The van der Waals surface area contributed by atoms with Crippen LogP contribution in [-0.4, -0.2) is 40.5 Å². The first kappa shape index (κ1) is 13.8. The first-order chi connectivity index (χ1) is 9.24. The molecule has 1 aromatic carbocycles. The van der Waals surface area contributed by atoms with Crippen LogP contribution in [0.4, 0.5) is 0 Å². The maximum absolute atomic E-state index is 12.0. The number of rotatable bonds is 5. The second-order valence-corrected chi connectivity index (χ2v) is 5.20. The molecule has 6 heteroatoms. The molecule has 0 aliphatic heterocycles. The summed E-state index contributed by atoms with van der Waals surface area (Å²) in [5.41, 5.74) is 1.39. The van der Waals surface area contributed by atoms with E-state index in [0.717, 1.165) is 12.8 Å². The van der Waals surface area contributed by atoms with E-state index in [4.69, 9.17) is 0 Å². The number of amides is 1. The number of para-hydroxylation sites is 1. The van der Waals surface area contributed by atoms with Gasteiger partial charge in [0.25, 0.3) is 0 Å². The van der Waals surface area contributed by atoms with Gasteiger partial charge in [-0.05, 0) is 0 Å². The van der Waals surface area contributed by atoms with E-state index in [1.54, 1.807) is 24.3 Å². The number of hydrogen-bond donors (Lipinski definition) is 2. The van der Waals surface area contributed by atoms with Gasteiger partial charge in [0, 0.05) is 0 Å². The molecule has 0 saturated heterocycles. The second kappa shape index (κ2) is 6.50. The van der Waals surface area contributed by atoms with Crippen LogP contribution in [-0.2, 0) is 0 Å². The SMILES string of the molecule is CCCCNC(=O)c1n[se]nc1-c1ccccc1O. The third-order valence-electron chi connectivity index (χ3n) is 2.68. The van der Waals surface area contributed by atoms with Crippen molar-refractivity contribution in [2.75, 3.05) is 6.54 Å². The Morgan fingerprint density at radius 2 is 2.16 bits per heavy atom. The predicted octanol–water partition coefficient (Wildman–Crippen LogP) is 1.44. The normalized spacial score (nSPS) is 10.4. The summed E-state index contributed by atoms with van der Waals surface area (Å²) in [6.45, 7) is 2.70. The molecule has 1 aromatic heterocycles. The molecule has 1 heterocycles. The van der Waals surface area contributed by atoms with Gasteiger partial charge >= 0.3 is 117 Å². The van der Waals surface area contributed by atoms with Gasteiger partial charge in [0.2, 0.25) is 0 Å². The topological polar surface area (TPSA) is 75.1 Å². The molecule has 100 valence electrons. The molecule has 0 aliphatic rings. The summed E-state index contributed by atoms with van der Waals surface area (Å²) in [7, 11) is 0. The molecule has 0 aliphatic carbocycles. The number of nitrogens with zero attached hydrogens (tertiary/aromatic N) is 2. The Morgan fingerprint density at radius 1 is 1.37 bits per heavy atom. The Bertz CT molecular complexity index is 569. The van der Waals surface area contributed by atoms with E-state index >= 15 is 0 Å². The zero-order valence-electron chi connectivity index (χ0n) is 10.6. The molecular weight excluding hydrogens is 309 g/mol. The monoisotopic (exact) mass is 325 g/mol. The van der Waals surface area contributed by atoms with Crippen molar-refractivity contribution in [3.05, 3.63) is 30.0 Å². The van der Waals surface area contributed by atoms with Gasteiger partial charge in [-0.15, -0.1) is 0 Å². The van der Waals surface area contributed by atoms with Crippen molar-refractivity contribution >= 4 is 20.9 Å². The van der Waals surface area contributed by atoms with Gasteiger partial charge in [-0.1, -0.05) is 0 Å². The number of hydrogen-bond acceptors (Lipinski definition) is 4. The van der Waals surface area contributed by atoms with E-state index in [9.17, 15) is 9.90 Å². The van der Waals surface area contributed by atoms with Crippen molar-refractivity contribution in [1.82, 2.24) is 13.3 Å². The molecule has 5 nitrogen and oxygen atoms in total. The van der Waals surface area contributed by atoms with Crippen molar-refractivity contribution in [2.45, 2.75) is 19.8 Å². The van der Waals surface area contributed by atoms with Crippen LogP contribution in [0.25, 0.3) is 11.3 Å². The van der Waals surface area contributed by atoms with Crippen LogP contribution in [0.1, 0.15) is 30.3 Å². The molecular formula is C13H15N3O2Se. The minimum absolute atomic E-state index is 0.119. The number of unbranched alkanes of at least 4 members (excludes halogenated alkanes) is 1. The Balaban J connectivity index is 2.23. The van der Waals surface area contributed by atoms with Gasteiger partial charge in [-0.2, -0.15) is 0 Å². The number of nitrogens with one attached hydrogen (secondary N) is 1. The molecule has 1 amide bonds. The average Bonchev–Trinajstić information content (AvgIpc) is 2.88. The van der Waals surface area contributed by atoms with Crippen molar-refractivity contribution < 1.29 is 9.90 Å². The third kappa shape index (κ3) is 3.22. The fraction of sp³-hybridized carbons (Fsp3) is 0.308. The van der Waals surface area contributed by atoms with Crippen molar-refractivity contribution in [3.63, 3.8) is 0 Å². The molecule has 0 radical (unpaired) electrons. The van der Waals surface area contributed by atoms with Gasteiger partial charge in [0.1, 0.15) is 0 Å². The fourth-order valence-corrected chi connectivity index (χ4v) is 2.82. The second-order valence-electron chi connectivity index (χ2n) is 4.09. The molecule has 0 atom stereocenters. The average molecular weight is 324 g/mol. The van der Waals surface area contributed by atoms with Gasteiger partial charge < -0.3 is 0 Å². The number of carbonyl (C=O) groups excluding carboxylic acids is 1. The van der Waals surface area contributed by atoms with Crippen LogP contribution in [0, 0.1) is 0 Å². The standard InChI is InChI=1S/C13H15N3O2Se/c1-2-3-8-14-13(18)12-11(15-19-16-12)9-6-4-5-7-10(9)17/h4-7,17H,2-3,8H2,1H3,(H,14,18). The van der Waals surface area contributed by atoms with Crippen LogP contribution >= 0.6 is 0 Å². The van der Waals surface area contributed by atoms with E-state index in [0.29, 0.717) is 23.5 Å². The zero-order valence-corrected chi connectivity index (χ0v) is 12.3. The van der Waals surface area contributed by atoms with Crippen LogP contribution in [0.5, 0.6) is 5.75 Å². The Kier molecular flexibility index (Phi) is 4.71. The third-order valence-corrected chi connectivity index (χ3v) is 3.79. The predicted molar refractivity (Wildman–Crippen MR) is 73.3 cm³/mol. The number of phenolic OH excluding ortho intramolecular Hbond substituents is 1. The summed E-state index contributed by atoms with van der Waals surface area (Å²) < 4.78 is 8.42. The maximum atomic E-state index is 12.0. The number of benzene rings is 1. The summed E-state index contributed by atoms with van der Waals surface area (Å²) >= 11 is -0.310. The zero-order chi connectivity index (χ0) is 13.7. The molecule has 19 heavy (non-hydrogen) atoms. The summed E-state index contributed by atoms with van der Waals surface area (Å²) in [5.74, 6) is -0.0946. The molecule has 0 unspecified atom stereocenters. The molecule has 0 bridgehead atoms. The molecule has 0 fully saturated rings. The molecule has 0 saturated carbocycles. The summed E-state index contributed by atoms with van der Waals surface area (Å²) in [6, 6.07) is 6.85. The minimum atomic E-state index is -0.310. The fourth-order valence-electron chi connectivity index (χ4n) is 1.65. The van der Waals surface area contributed by atoms with Crippen LogP contribution < -0.4 is 5.32 Å². The van der Waals surface area contributed by atoms with Crippen LogP contribution in [0.3, 0.4) is 0 Å². The number of phenols is 1. The summed E-state index contributed by atoms with van der Waals surface area (Å²) in [6.07, 6.45) is 1.96. The van der Waals surface area contributed by atoms with Crippen molar-refractivity contribution in [3.8, 4) is 17.0 Å². The van der Waals surface area contributed by atoms with Gasteiger partial charge in [-0.25, -0.2) is 0 Å². The molecule has 2 N–H and O–H groups in total. The summed E-state index contributed by atoms with van der Waals surface area (Å²) in [5, 5.41) is 12.6. The quantitative estimate of drug-likeness (QED) is 0.645. The van der Waals surface area contributed by atoms with E-state index in [2.05, 4.69) is 20.2 Å². The first-order valence-corrected chi connectivity index (χ1v) is 7.66. The molecule has 2 rings (SSSR count).